The molecule has 0 spiro atoms. The number of likely N-dealkylation sites (N-methyl/N-ethyl adjacent to an activating group) is 1. The molecular weight excluding hydrogens is 540 g/mol. The third-order valence-corrected chi connectivity index (χ3v) is 8.12. The number of rotatable bonds is 7. The lowest BCUT2D eigenvalue weighted by Crippen LogP contribution is -2.50. The summed E-state index contributed by atoms with van der Waals surface area (Å²) in [4.78, 5) is 41.6. The molecule has 0 radical (unpaired) electrons. The Bertz CT molecular complexity index is 1540. The number of hydrogen-bond donors (Lipinski definition) is 1. The van der Waals surface area contributed by atoms with E-state index >= 15 is 0 Å². The number of carbonyl (C=O) groups is 2. The van der Waals surface area contributed by atoms with E-state index in [9.17, 15) is 9.59 Å². The molecule has 12 heteroatoms. The van der Waals surface area contributed by atoms with Gasteiger partial charge in [0.05, 0.1) is 25.4 Å². The largest absolute Gasteiger partial charge is 0.378 e. The van der Waals surface area contributed by atoms with E-state index in [0.717, 1.165) is 29.3 Å². The van der Waals surface area contributed by atoms with Crippen molar-refractivity contribution in [2.24, 2.45) is 0 Å². The van der Waals surface area contributed by atoms with Gasteiger partial charge < -0.3 is 24.8 Å². The molecule has 2 saturated heterocycles. The molecule has 6 rings (SSSR count). The van der Waals surface area contributed by atoms with Crippen LogP contribution in [0.3, 0.4) is 0 Å². The van der Waals surface area contributed by atoms with Gasteiger partial charge in [-0.15, -0.1) is 10.2 Å². The van der Waals surface area contributed by atoms with Crippen LogP contribution in [0.2, 0.25) is 0 Å². The van der Waals surface area contributed by atoms with Crippen LogP contribution >= 0.6 is 11.3 Å². The van der Waals surface area contributed by atoms with Crippen LogP contribution in [-0.4, -0.2) is 89.4 Å². The lowest BCUT2D eigenvalue weighted by Gasteiger charge is -2.34. The first-order valence-electron chi connectivity index (χ1n) is 13.6. The zero-order valence-electron chi connectivity index (χ0n) is 22.7. The smallest absolute Gasteiger partial charge is 0.274 e. The van der Waals surface area contributed by atoms with Gasteiger partial charge in [-0.25, -0.2) is 9.97 Å². The Morgan fingerprint density at radius 3 is 2.51 bits per heavy atom. The molecule has 0 bridgehead atoms. The van der Waals surface area contributed by atoms with Crippen LogP contribution in [0.5, 0.6) is 0 Å². The Morgan fingerprint density at radius 1 is 0.951 bits per heavy atom. The standard InChI is InChI=1S/C29H30N8O3S/c1-2-35-12-13-37(19-25(35)38)24-18-23(30-26(32-24)20-8-4-3-5-9-20)27(39)31-22-11-7-6-10-21(22)28-33-34-29(41-28)36-14-16-40-17-15-36/h3-11,18H,2,12-17,19H2,1H3,(H,31,39). The Labute approximate surface area is 241 Å². The second-order valence-electron chi connectivity index (χ2n) is 9.68. The second-order valence-corrected chi connectivity index (χ2v) is 10.6. The molecule has 2 aliphatic heterocycles. The van der Waals surface area contributed by atoms with Crippen LogP contribution < -0.4 is 15.1 Å². The number of ether oxygens (including phenoxy) is 1. The van der Waals surface area contributed by atoms with Gasteiger partial charge in [-0.2, -0.15) is 0 Å². The van der Waals surface area contributed by atoms with Crippen LogP contribution in [0.15, 0.2) is 60.7 Å². The van der Waals surface area contributed by atoms with E-state index in [1.165, 1.54) is 11.3 Å². The predicted octanol–water partition coefficient (Wildman–Crippen LogP) is 3.42. The quantitative estimate of drug-likeness (QED) is 0.357. The molecule has 2 fully saturated rings. The summed E-state index contributed by atoms with van der Waals surface area (Å²) in [6.45, 7) is 6.92. The molecule has 1 N–H and O–H groups in total. The summed E-state index contributed by atoms with van der Waals surface area (Å²) in [7, 11) is 0. The zero-order chi connectivity index (χ0) is 28.2. The summed E-state index contributed by atoms with van der Waals surface area (Å²) in [5.41, 5.74) is 2.37. The number of nitrogens with one attached hydrogen (secondary N) is 1. The van der Waals surface area contributed by atoms with Crippen molar-refractivity contribution in [3.8, 4) is 22.0 Å². The number of piperazine rings is 1. The van der Waals surface area contributed by atoms with Crippen molar-refractivity contribution in [3.63, 3.8) is 0 Å². The summed E-state index contributed by atoms with van der Waals surface area (Å²) in [6, 6.07) is 18.7. The minimum absolute atomic E-state index is 0.0343. The first kappa shape index (κ1) is 26.8. The average molecular weight is 571 g/mol. The second kappa shape index (κ2) is 12.0. The molecule has 210 valence electrons. The summed E-state index contributed by atoms with van der Waals surface area (Å²) in [5, 5.41) is 13.4. The van der Waals surface area contributed by atoms with Gasteiger partial charge in [0.2, 0.25) is 11.0 Å². The molecule has 4 aromatic rings. The summed E-state index contributed by atoms with van der Waals surface area (Å²) in [6.07, 6.45) is 0. The minimum Gasteiger partial charge on any atom is -0.378 e. The summed E-state index contributed by atoms with van der Waals surface area (Å²) < 4.78 is 5.45. The normalized spacial score (nSPS) is 15.7. The fraction of sp³-hybridized carbons (Fsp3) is 0.310. The van der Waals surface area contributed by atoms with Crippen molar-refractivity contribution in [3.05, 3.63) is 66.4 Å². The van der Waals surface area contributed by atoms with Gasteiger partial charge in [-0.05, 0) is 19.1 Å². The van der Waals surface area contributed by atoms with Gasteiger partial charge in [-0.1, -0.05) is 53.8 Å². The lowest BCUT2D eigenvalue weighted by molar-refractivity contribution is -0.130. The maximum Gasteiger partial charge on any atom is 0.274 e. The van der Waals surface area contributed by atoms with E-state index in [1.807, 2.05) is 71.3 Å². The number of carbonyl (C=O) groups excluding carboxylic acids is 2. The van der Waals surface area contributed by atoms with E-state index in [1.54, 1.807) is 6.07 Å². The van der Waals surface area contributed by atoms with E-state index in [0.29, 0.717) is 55.2 Å². The number of morpholine rings is 1. The van der Waals surface area contributed by atoms with Gasteiger partial charge in [0.25, 0.3) is 5.91 Å². The van der Waals surface area contributed by atoms with Crippen LogP contribution in [0.4, 0.5) is 16.6 Å². The molecule has 11 nitrogen and oxygen atoms in total. The van der Waals surface area contributed by atoms with Crippen LogP contribution in [0.25, 0.3) is 22.0 Å². The van der Waals surface area contributed by atoms with Crippen molar-refractivity contribution >= 4 is 39.8 Å². The number of anilines is 3. The third kappa shape index (κ3) is 5.88. The molecule has 2 aromatic carbocycles. The molecule has 2 aliphatic rings. The SMILES string of the molecule is CCN1CCN(c2cc(C(=O)Nc3ccccc3-c3nnc(N4CCOCC4)s3)nc(-c3ccccc3)n2)CC1=O. The molecule has 4 heterocycles. The Morgan fingerprint density at radius 2 is 1.73 bits per heavy atom. The average Bonchev–Trinajstić information content (AvgIpc) is 3.52. The fourth-order valence-corrected chi connectivity index (χ4v) is 5.78. The lowest BCUT2D eigenvalue weighted by atomic mass is 10.1. The highest BCUT2D eigenvalue weighted by Crippen LogP contribution is 2.34. The maximum atomic E-state index is 13.7. The Balaban J connectivity index is 1.29. The van der Waals surface area contributed by atoms with E-state index < -0.39 is 0 Å². The Kier molecular flexibility index (Phi) is 7.83. The summed E-state index contributed by atoms with van der Waals surface area (Å²) in [5.74, 6) is 0.619. The highest BCUT2D eigenvalue weighted by atomic mass is 32.1. The van der Waals surface area contributed by atoms with E-state index in [2.05, 4.69) is 25.4 Å². The number of benzene rings is 2. The minimum atomic E-state index is -0.380. The van der Waals surface area contributed by atoms with Crippen molar-refractivity contribution in [1.82, 2.24) is 25.1 Å². The highest BCUT2D eigenvalue weighted by Gasteiger charge is 2.26. The zero-order valence-corrected chi connectivity index (χ0v) is 23.5. The number of para-hydroxylation sites is 1. The monoisotopic (exact) mass is 570 g/mol. The van der Waals surface area contributed by atoms with Crippen LogP contribution in [-0.2, 0) is 9.53 Å². The highest BCUT2D eigenvalue weighted by molar-refractivity contribution is 7.18. The van der Waals surface area contributed by atoms with E-state index in [4.69, 9.17) is 9.72 Å². The molecule has 0 unspecified atom stereocenters. The van der Waals surface area contributed by atoms with Gasteiger partial charge in [0, 0.05) is 49.9 Å². The molecule has 41 heavy (non-hydrogen) atoms. The number of amides is 2. The predicted molar refractivity (Wildman–Crippen MR) is 158 cm³/mol. The van der Waals surface area contributed by atoms with Gasteiger partial charge in [0.1, 0.15) is 11.5 Å². The van der Waals surface area contributed by atoms with Crippen molar-refractivity contribution in [2.75, 3.05) is 67.6 Å². The number of hydrogen-bond acceptors (Lipinski definition) is 10. The van der Waals surface area contributed by atoms with Gasteiger partial charge in [-0.3, -0.25) is 9.59 Å². The van der Waals surface area contributed by atoms with E-state index in [-0.39, 0.29) is 24.1 Å². The topological polar surface area (TPSA) is 117 Å². The van der Waals surface area contributed by atoms with Crippen molar-refractivity contribution < 1.29 is 14.3 Å². The third-order valence-electron chi connectivity index (χ3n) is 7.10. The Hall–Kier alpha value is -4.42. The first-order chi connectivity index (χ1) is 20.1. The molecule has 2 amide bonds. The maximum absolute atomic E-state index is 13.7. The van der Waals surface area contributed by atoms with Gasteiger partial charge >= 0.3 is 0 Å². The molecule has 0 atom stereocenters. The fourth-order valence-electron chi connectivity index (χ4n) is 4.84. The molecule has 2 aromatic heterocycles. The number of aromatic nitrogens is 4. The van der Waals surface area contributed by atoms with Crippen LogP contribution in [0, 0.1) is 0 Å². The van der Waals surface area contributed by atoms with Crippen LogP contribution in [0.1, 0.15) is 17.4 Å². The van der Waals surface area contributed by atoms with Crippen molar-refractivity contribution in [2.45, 2.75) is 6.92 Å². The molecule has 0 aliphatic carbocycles. The first-order valence-corrected chi connectivity index (χ1v) is 14.4. The van der Waals surface area contributed by atoms with Gasteiger partial charge in [0.15, 0.2) is 10.8 Å². The number of nitrogens with zero attached hydrogens (tertiary/aromatic N) is 7. The summed E-state index contributed by atoms with van der Waals surface area (Å²) >= 11 is 1.48. The molecular formula is C29H30N8O3S. The molecule has 0 saturated carbocycles. The van der Waals surface area contributed by atoms with Crippen molar-refractivity contribution in [1.29, 1.82) is 0 Å².